The van der Waals surface area contributed by atoms with Crippen LogP contribution in [0.4, 0.5) is 24.5 Å². The maximum absolute atomic E-state index is 13.1. The molecule has 0 aliphatic carbocycles. The maximum atomic E-state index is 13.1. The molecule has 0 radical (unpaired) electrons. The Labute approximate surface area is 190 Å². The van der Waals surface area contributed by atoms with Gasteiger partial charge < -0.3 is 10.2 Å². The fraction of sp³-hybridized carbons (Fsp3) is 0.381. The van der Waals surface area contributed by atoms with E-state index in [0.717, 1.165) is 12.1 Å². The Morgan fingerprint density at radius 2 is 1.69 bits per heavy atom. The number of nitrogens with one attached hydrogen (secondary N) is 1. The summed E-state index contributed by atoms with van der Waals surface area (Å²) >= 11 is 5.81. The van der Waals surface area contributed by atoms with Gasteiger partial charge in [-0.15, -0.1) is 0 Å². The lowest BCUT2D eigenvalue weighted by molar-refractivity contribution is -0.137. The average molecular weight is 490 g/mol. The molecule has 1 saturated heterocycles. The van der Waals surface area contributed by atoms with E-state index in [4.69, 9.17) is 11.6 Å². The normalized spacial score (nSPS) is 16.1. The number of sulfonamides is 1. The van der Waals surface area contributed by atoms with Gasteiger partial charge in [-0.05, 0) is 55.3 Å². The van der Waals surface area contributed by atoms with Crippen LogP contribution in [0.1, 0.15) is 18.4 Å². The zero-order chi connectivity index (χ0) is 23.7. The highest BCUT2D eigenvalue weighted by molar-refractivity contribution is 7.89. The molecular formula is C21H23ClF3N3O3S. The molecule has 6 nitrogen and oxygen atoms in total. The zero-order valence-electron chi connectivity index (χ0n) is 17.5. The Kier molecular flexibility index (Phi) is 7.06. The first-order chi connectivity index (χ1) is 14.9. The minimum Gasteiger partial charge on any atom is -0.376 e. The van der Waals surface area contributed by atoms with Crippen molar-refractivity contribution in [2.45, 2.75) is 23.9 Å². The molecular weight excluding hydrogens is 467 g/mol. The van der Waals surface area contributed by atoms with Crippen molar-refractivity contribution in [3.05, 3.63) is 53.1 Å². The topological polar surface area (TPSA) is 69.7 Å². The molecule has 32 heavy (non-hydrogen) atoms. The monoisotopic (exact) mass is 489 g/mol. The third-order valence-corrected chi connectivity index (χ3v) is 7.50. The van der Waals surface area contributed by atoms with E-state index in [1.807, 2.05) is 0 Å². The van der Waals surface area contributed by atoms with E-state index in [0.29, 0.717) is 10.7 Å². The van der Waals surface area contributed by atoms with Gasteiger partial charge in [-0.3, -0.25) is 4.79 Å². The molecule has 0 unspecified atom stereocenters. The standard InChI is InChI=1S/C21H23ClF3N3O3S/c1-27(2)19-8-3-15(21(23,24)25)13-18(19)26-20(29)14-9-11-28(12-10-14)32(30,31)17-6-4-16(22)5-7-17/h3-8,13-14H,9-12H2,1-2H3,(H,26,29). The van der Waals surface area contributed by atoms with Gasteiger partial charge in [-0.25, -0.2) is 8.42 Å². The van der Waals surface area contributed by atoms with Crippen LogP contribution in [0.15, 0.2) is 47.4 Å². The second-order valence-electron chi connectivity index (χ2n) is 7.75. The van der Waals surface area contributed by atoms with Crippen molar-refractivity contribution in [2.24, 2.45) is 5.92 Å². The summed E-state index contributed by atoms with van der Waals surface area (Å²) in [5, 5.41) is 3.02. The lowest BCUT2D eigenvalue weighted by atomic mass is 9.97. The molecule has 174 valence electrons. The molecule has 0 bridgehead atoms. The average Bonchev–Trinajstić information content (AvgIpc) is 2.73. The van der Waals surface area contributed by atoms with Gasteiger partial charge in [-0.1, -0.05) is 11.6 Å². The largest absolute Gasteiger partial charge is 0.416 e. The summed E-state index contributed by atoms with van der Waals surface area (Å²) in [6, 6.07) is 9.01. The molecule has 1 aliphatic heterocycles. The first-order valence-electron chi connectivity index (χ1n) is 9.85. The van der Waals surface area contributed by atoms with Crippen molar-refractivity contribution in [3.8, 4) is 0 Å². The third-order valence-electron chi connectivity index (χ3n) is 5.34. The predicted molar refractivity (Wildman–Crippen MR) is 117 cm³/mol. The van der Waals surface area contributed by atoms with E-state index >= 15 is 0 Å². The highest BCUT2D eigenvalue weighted by Gasteiger charge is 2.34. The summed E-state index contributed by atoms with van der Waals surface area (Å²) in [5.41, 5.74) is -0.359. The second-order valence-corrected chi connectivity index (χ2v) is 10.1. The molecule has 1 N–H and O–H groups in total. The van der Waals surface area contributed by atoms with E-state index in [9.17, 15) is 26.4 Å². The minimum atomic E-state index is -4.54. The molecule has 0 aromatic heterocycles. The number of halogens is 4. The van der Waals surface area contributed by atoms with Crippen molar-refractivity contribution >= 4 is 38.9 Å². The first kappa shape index (κ1) is 24.3. The van der Waals surface area contributed by atoms with E-state index in [1.165, 1.54) is 34.6 Å². The lowest BCUT2D eigenvalue weighted by Crippen LogP contribution is -2.41. The predicted octanol–water partition coefficient (Wildman–Crippen LogP) is 4.46. The molecule has 2 aromatic rings. The number of rotatable bonds is 5. The van der Waals surface area contributed by atoms with Gasteiger partial charge in [0.1, 0.15) is 0 Å². The maximum Gasteiger partial charge on any atom is 0.416 e. The van der Waals surface area contributed by atoms with Gasteiger partial charge in [0, 0.05) is 38.1 Å². The Hall–Kier alpha value is -2.30. The minimum absolute atomic E-state index is 0.0611. The highest BCUT2D eigenvalue weighted by Crippen LogP contribution is 2.35. The quantitative estimate of drug-likeness (QED) is 0.673. The number of alkyl halides is 3. The molecule has 0 saturated carbocycles. The SMILES string of the molecule is CN(C)c1ccc(C(F)(F)F)cc1NC(=O)C1CCN(S(=O)(=O)c2ccc(Cl)cc2)CC1. The lowest BCUT2D eigenvalue weighted by Gasteiger charge is -2.31. The second kappa shape index (κ2) is 9.29. The molecule has 0 atom stereocenters. The van der Waals surface area contributed by atoms with Crippen molar-refractivity contribution in [1.29, 1.82) is 0 Å². The van der Waals surface area contributed by atoms with E-state index in [2.05, 4.69) is 5.32 Å². The number of hydrogen-bond acceptors (Lipinski definition) is 4. The number of anilines is 2. The number of piperidine rings is 1. The Morgan fingerprint density at radius 1 is 1.09 bits per heavy atom. The molecule has 0 spiro atoms. The number of benzene rings is 2. The van der Waals surface area contributed by atoms with Crippen LogP contribution in [0, 0.1) is 5.92 Å². The van der Waals surface area contributed by atoms with Crippen LogP contribution >= 0.6 is 11.6 Å². The van der Waals surface area contributed by atoms with Crippen LogP contribution in [0.5, 0.6) is 0 Å². The van der Waals surface area contributed by atoms with Gasteiger partial charge in [0.2, 0.25) is 15.9 Å². The van der Waals surface area contributed by atoms with Crippen molar-refractivity contribution in [1.82, 2.24) is 4.31 Å². The van der Waals surface area contributed by atoms with E-state index in [-0.39, 0.29) is 36.5 Å². The van der Waals surface area contributed by atoms with Gasteiger partial charge in [0.25, 0.3) is 0 Å². The smallest absolute Gasteiger partial charge is 0.376 e. The molecule has 2 aromatic carbocycles. The number of amides is 1. The zero-order valence-corrected chi connectivity index (χ0v) is 19.1. The van der Waals surface area contributed by atoms with Crippen LogP contribution in [0.2, 0.25) is 5.02 Å². The number of carbonyl (C=O) groups is 1. The molecule has 1 amide bonds. The van der Waals surface area contributed by atoms with Crippen molar-refractivity contribution < 1.29 is 26.4 Å². The van der Waals surface area contributed by atoms with Gasteiger partial charge in [0.05, 0.1) is 21.8 Å². The fourth-order valence-electron chi connectivity index (χ4n) is 3.55. The van der Waals surface area contributed by atoms with E-state index < -0.39 is 33.6 Å². The van der Waals surface area contributed by atoms with Gasteiger partial charge >= 0.3 is 6.18 Å². The fourth-order valence-corrected chi connectivity index (χ4v) is 5.15. The van der Waals surface area contributed by atoms with Crippen LogP contribution in [0.25, 0.3) is 0 Å². The van der Waals surface area contributed by atoms with Crippen molar-refractivity contribution in [3.63, 3.8) is 0 Å². The van der Waals surface area contributed by atoms with Crippen LogP contribution in [0.3, 0.4) is 0 Å². The Bertz CT molecular complexity index is 1080. The molecule has 1 fully saturated rings. The highest BCUT2D eigenvalue weighted by atomic mass is 35.5. The van der Waals surface area contributed by atoms with Crippen molar-refractivity contribution in [2.75, 3.05) is 37.4 Å². The molecule has 11 heteroatoms. The van der Waals surface area contributed by atoms with Crippen LogP contribution in [-0.2, 0) is 21.0 Å². The Balaban J connectivity index is 1.70. The summed E-state index contributed by atoms with van der Waals surface area (Å²) in [4.78, 5) is 14.5. The summed E-state index contributed by atoms with van der Waals surface area (Å²) in [6.07, 6.45) is -4.02. The third kappa shape index (κ3) is 5.36. The van der Waals surface area contributed by atoms with Gasteiger partial charge in [-0.2, -0.15) is 17.5 Å². The molecule has 3 rings (SSSR count). The summed E-state index contributed by atoms with van der Waals surface area (Å²) in [7, 11) is -0.385. The van der Waals surface area contributed by atoms with E-state index in [1.54, 1.807) is 19.0 Å². The molecule has 1 aliphatic rings. The van der Waals surface area contributed by atoms with Crippen LogP contribution in [-0.4, -0.2) is 45.8 Å². The Morgan fingerprint density at radius 3 is 2.22 bits per heavy atom. The summed E-state index contributed by atoms with van der Waals surface area (Å²) < 4.78 is 66.2. The summed E-state index contributed by atoms with van der Waals surface area (Å²) in [5.74, 6) is -0.952. The summed E-state index contributed by atoms with van der Waals surface area (Å²) in [6.45, 7) is 0.262. The van der Waals surface area contributed by atoms with Gasteiger partial charge in [0.15, 0.2) is 0 Å². The number of hydrogen-bond donors (Lipinski definition) is 1. The first-order valence-corrected chi connectivity index (χ1v) is 11.7. The molecule has 1 heterocycles. The van der Waals surface area contributed by atoms with Crippen LogP contribution < -0.4 is 10.2 Å². The number of nitrogens with zero attached hydrogens (tertiary/aromatic N) is 2. The number of carbonyl (C=O) groups excluding carboxylic acids is 1.